The molecule has 2 N–H and O–H groups in total. The lowest BCUT2D eigenvalue weighted by molar-refractivity contribution is 0.0949. The molecular weight excluding hydrogens is 450 g/mol. The Balaban J connectivity index is 1.62. The molecule has 0 heterocycles. The van der Waals surface area contributed by atoms with Gasteiger partial charge in [-0.05, 0) is 54.2 Å². The third kappa shape index (κ3) is 6.87. The van der Waals surface area contributed by atoms with Gasteiger partial charge in [-0.25, -0.2) is 0 Å². The van der Waals surface area contributed by atoms with E-state index in [1.54, 1.807) is 61.5 Å². The summed E-state index contributed by atoms with van der Waals surface area (Å²) < 4.78 is 10.5. The van der Waals surface area contributed by atoms with Gasteiger partial charge in [-0.2, -0.15) is 0 Å². The Morgan fingerprint density at radius 3 is 2.26 bits per heavy atom. The number of rotatable bonds is 9. The third-order valence-electron chi connectivity index (χ3n) is 5.00. The summed E-state index contributed by atoms with van der Waals surface area (Å²) in [5.74, 6) is 0.0551. The molecule has 0 fully saturated rings. The summed E-state index contributed by atoms with van der Waals surface area (Å²) >= 11 is 5.44. The van der Waals surface area contributed by atoms with Gasteiger partial charge in [-0.3, -0.25) is 14.9 Å². The molecule has 0 aromatic heterocycles. The summed E-state index contributed by atoms with van der Waals surface area (Å²) in [6, 6.07) is 23.5. The van der Waals surface area contributed by atoms with Crippen LogP contribution in [0.4, 0.5) is 5.69 Å². The second-order valence-electron chi connectivity index (χ2n) is 7.37. The Hall–Kier alpha value is -3.75. The summed E-state index contributed by atoms with van der Waals surface area (Å²) in [7, 11) is 3.31. The predicted octanol–water partition coefficient (Wildman–Crippen LogP) is 3.79. The van der Waals surface area contributed by atoms with E-state index >= 15 is 0 Å². The van der Waals surface area contributed by atoms with E-state index in [2.05, 4.69) is 10.6 Å². The predicted molar refractivity (Wildman–Crippen MR) is 136 cm³/mol. The van der Waals surface area contributed by atoms with Crippen molar-refractivity contribution in [3.05, 3.63) is 95.6 Å². The first-order chi connectivity index (χ1) is 16.5. The molecule has 2 amide bonds. The smallest absolute Gasteiger partial charge is 0.257 e. The molecule has 0 aliphatic heterocycles. The molecule has 0 spiro atoms. The fraction of sp³-hybridized carbons (Fsp3) is 0.192. The van der Waals surface area contributed by atoms with Gasteiger partial charge in [0.2, 0.25) is 0 Å². The number of amides is 2. The Kier molecular flexibility index (Phi) is 9.13. The van der Waals surface area contributed by atoms with Crippen LogP contribution in [0.25, 0.3) is 0 Å². The molecule has 3 aromatic rings. The van der Waals surface area contributed by atoms with Crippen LogP contribution in [0.1, 0.15) is 26.3 Å². The quantitative estimate of drug-likeness (QED) is 0.361. The number of nitrogens with zero attached hydrogens (tertiary/aromatic N) is 1. The zero-order chi connectivity index (χ0) is 24.3. The van der Waals surface area contributed by atoms with Gasteiger partial charge in [0.1, 0.15) is 12.4 Å². The van der Waals surface area contributed by atoms with E-state index in [1.165, 1.54) is 0 Å². The van der Waals surface area contributed by atoms with Crippen molar-refractivity contribution < 1.29 is 19.1 Å². The van der Waals surface area contributed by atoms with E-state index in [1.807, 2.05) is 36.4 Å². The van der Waals surface area contributed by atoms with Crippen molar-refractivity contribution in [1.82, 2.24) is 10.6 Å². The lowest BCUT2D eigenvalue weighted by atomic mass is 10.1. The lowest BCUT2D eigenvalue weighted by Crippen LogP contribution is -2.41. The molecule has 0 unspecified atom stereocenters. The van der Waals surface area contributed by atoms with Gasteiger partial charge in [0.25, 0.3) is 11.8 Å². The molecule has 3 aromatic carbocycles. The Labute approximate surface area is 204 Å². The molecule has 0 aliphatic rings. The van der Waals surface area contributed by atoms with Crippen LogP contribution in [-0.4, -0.2) is 44.3 Å². The number of nitrogens with one attached hydrogen (secondary N) is 2. The molecule has 8 heteroatoms. The van der Waals surface area contributed by atoms with Gasteiger partial charge < -0.3 is 19.7 Å². The Morgan fingerprint density at radius 2 is 1.56 bits per heavy atom. The molecule has 0 radical (unpaired) electrons. The van der Waals surface area contributed by atoms with Gasteiger partial charge in [0.05, 0.1) is 17.9 Å². The van der Waals surface area contributed by atoms with Crippen molar-refractivity contribution in [3.63, 3.8) is 0 Å². The van der Waals surface area contributed by atoms with Crippen LogP contribution in [0.5, 0.6) is 5.75 Å². The van der Waals surface area contributed by atoms with Crippen molar-refractivity contribution in [3.8, 4) is 5.75 Å². The Bertz CT molecular complexity index is 1120. The first kappa shape index (κ1) is 24.9. The first-order valence-corrected chi connectivity index (χ1v) is 11.1. The molecule has 0 atom stereocenters. The summed E-state index contributed by atoms with van der Waals surface area (Å²) in [5, 5.41) is 5.81. The highest BCUT2D eigenvalue weighted by atomic mass is 32.1. The normalized spacial score (nSPS) is 10.3. The van der Waals surface area contributed by atoms with Crippen LogP contribution in [0.3, 0.4) is 0 Å². The monoisotopic (exact) mass is 477 g/mol. The number of benzene rings is 3. The minimum Gasteiger partial charge on any atom is -0.491 e. The van der Waals surface area contributed by atoms with E-state index in [0.29, 0.717) is 42.3 Å². The van der Waals surface area contributed by atoms with E-state index in [-0.39, 0.29) is 16.9 Å². The SMILES string of the molecule is COCCOc1ccc(C(=O)NC(=S)N(C)c2ccccc2C(=O)NCc2ccccc2)cc1. The molecular formula is C26H27N3O4S. The van der Waals surface area contributed by atoms with Crippen molar-refractivity contribution in [2.45, 2.75) is 6.54 Å². The molecule has 0 saturated heterocycles. The molecule has 7 nitrogen and oxygen atoms in total. The van der Waals surface area contributed by atoms with Crippen molar-refractivity contribution in [2.24, 2.45) is 0 Å². The van der Waals surface area contributed by atoms with Crippen LogP contribution in [0, 0.1) is 0 Å². The summed E-state index contributed by atoms with van der Waals surface area (Å²) in [6.45, 7) is 1.31. The van der Waals surface area contributed by atoms with Crippen LogP contribution in [0.15, 0.2) is 78.9 Å². The lowest BCUT2D eigenvalue weighted by Gasteiger charge is -2.23. The van der Waals surface area contributed by atoms with Crippen LogP contribution in [-0.2, 0) is 11.3 Å². The van der Waals surface area contributed by atoms with E-state index < -0.39 is 0 Å². The minimum atomic E-state index is -0.355. The fourth-order valence-corrected chi connectivity index (χ4v) is 3.33. The highest BCUT2D eigenvalue weighted by molar-refractivity contribution is 7.80. The van der Waals surface area contributed by atoms with Gasteiger partial charge in [0.15, 0.2) is 5.11 Å². The molecule has 34 heavy (non-hydrogen) atoms. The number of anilines is 1. The van der Waals surface area contributed by atoms with Crippen LogP contribution >= 0.6 is 12.2 Å². The molecule has 176 valence electrons. The number of ether oxygens (including phenoxy) is 2. The maximum Gasteiger partial charge on any atom is 0.257 e. The standard InChI is InChI=1S/C26H27N3O4S/c1-29(26(34)28-24(30)20-12-14-21(15-13-20)33-17-16-32-2)23-11-7-6-10-22(23)25(31)27-18-19-8-4-3-5-9-19/h3-15H,16-18H2,1-2H3,(H,27,31)(H,28,30,34). The molecule has 0 bridgehead atoms. The number of hydrogen-bond donors (Lipinski definition) is 2. The second-order valence-corrected chi connectivity index (χ2v) is 7.76. The highest BCUT2D eigenvalue weighted by Gasteiger charge is 2.18. The zero-order valence-corrected chi connectivity index (χ0v) is 19.9. The summed E-state index contributed by atoms with van der Waals surface area (Å²) in [5.41, 5.74) is 2.47. The number of carbonyl (C=O) groups excluding carboxylic acids is 2. The highest BCUT2D eigenvalue weighted by Crippen LogP contribution is 2.20. The van der Waals surface area contributed by atoms with Gasteiger partial charge in [-0.1, -0.05) is 42.5 Å². The Morgan fingerprint density at radius 1 is 0.882 bits per heavy atom. The minimum absolute atomic E-state index is 0.175. The van der Waals surface area contributed by atoms with E-state index in [9.17, 15) is 9.59 Å². The maximum atomic E-state index is 12.8. The zero-order valence-electron chi connectivity index (χ0n) is 19.1. The van der Waals surface area contributed by atoms with E-state index in [0.717, 1.165) is 5.56 Å². The second kappa shape index (κ2) is 12.5. The van der Waals surface area contributed by atoms with E-state index in [4.69, 9.17) is 21.7 Å². The maximum absolute atomic E-state index is 12.8. The van der Waals surface area contributed by atoms with Crippen LogP contribution in [0.2, 0.25) is 0 Å². The topological polar surface area (TPSA) is 79.9 Å². The number of thiocarbonyl (C=S) groups is 1. The average molecular weight is 478 g/mol. The van der Waals surface area contributed by atoms with Crippen molar-refractivity contribution in [2.75, 3.05) is 32.3 Å². The van der Waals surface area contributed by atoms with Crippen molar-refractivity contribution in [1.29, 1.82) is 0 Å². The third-order valence-corrected chi connectivity index (χ3v) is 5.38. The molecule has 0 saturated carbocycles. The van der Waals surface area contributed by atoms with Gasteiger partial charge in [0, 0.05) is 26.3 Å². The molecule has 0 aliphatic carbocycles. The summed E-state index contributed by atoms with van der Waals surface area (Å²) in [4.78, 5) is 27.1. The number of hydrogen-bond acceptors (Lipinski definition) is 5. The van der Waals surface area contributed by atoms with Crippen LogP contribution < -0.4 is 20.3 Å². The van der Waals surface area contributed by atoms with Gasteiger partial charge >= 0.3 is 0 Å². The number of carbonyl (C=O) groups is 2. The van der Waals surface area contributed by atoms with Crippen molar-refractivity contribution >= 4 is 34.8 Å². The number of para-hydroxylation sites is 1. The van der Waals surface area contributed by atoms with Gasteiger partial charge in [-0.15, -0.1) is 0 Å². The average Bonchev–Trinajstić information content (AvgIpc) is 2.88. The number of methoxy groups -OCH3 is 1. The largest absolute Gasteiger partial charge is 0.491 e. The first-order valence-electron chi connectivity index (χ1n) is 10.7. The fourth-order valence-electron chi connectivity index (χ4n) is 3.14. The molecule has 3 rings (SSSR count). The summed E-state index contributed by atoms with van der Waals surface area (Å²) in [6.07, 6.45) is 0.